The van der Waals surface area contributed by atoms with Crippen molar-refractivity contribution in [1.82, 2.24) is 5.32 Å². The van der Waals surface area contributed by atoms with E-state index in [-0.39, 0.29) is 0 Å². The zero-order valence-corrected chi connectivity index (χ0v) is 11.6. The standard InChI is InChI=1S/C15H18ClNO2/c16-15-13(12-3-1-2-4-14(12)19-15)10-17-9-11-5-7-18-8-6-11/h1-4,11,17H,5-10H2. The molecule has 1 N–H and O–H groups in total. The first-order valence-corrected chi connectivity index (χ1v) is 7.17. The predicted molar refractivity (Wildman–Crippen MR) is 76.5 cm³/mol. The van der Waals surface area contributed by atoms with Gasteiger partial charge in [-0.05, 0) is 43.0 Å². The number of furan rings is 1. The average molecular weight is 280 g/mol. The van der Waals surface area contributed by atoms with Gasteiger partial charge in [0, 0.05) is 30.7 Å². The molecule has 0 radical (unpaired) electrons. The summed E-state index contributed by atoms with van der Waals surface area (Å²) in [5.41, 5.74) is 1.92. The largest absolute Gasteiger partial charge is 0.444 e. The number of rotatable bonds is 4. The normalized spacial score (nSPS) is 17.1. The highest BCUT2D eigenvalue weighted by molar-refractivity contribution is 6.30. The average Bonchev–Trinajstić information content (AvgIpc) is 2.76. The maximum absolute atomic E-state index is 6.16. The van der Waals surface area contributed by atoms with E-state index in [0.29, 0.717) is 11.1 Å². The molecule has 3 rings (SSSR count). The van der Waals surface area contributed by atoms with Crippen molar-refractivity contribution in [3.05, 3.63) is 35.0 Å². The van der Waals surface area contributed by atoms with Gasteiger partial charge in [0.2, 0.25) is 0 Å². The van der Waals surface area contributed by atoms with Crippen LogP contribution >= 0.6 is 11.6 Å². The van der Waals surface area contributed by atoms with E-state index in [0.717, 1.165) is 55.7 Å². The van der Waals surface area contributed by atoms with E-state index in [1.807, 2.05) is 18.2 Å². The Balaban J connectivity index is 1.63. The van der Waals surface area contributed by atoms with E-state index in [4.69, 9.17) is 20.8 Å². The lowest BCUT2D eigenvalue weighted by Gasteiger charge is -2.22. The molecule has 3 nitrogen and oxygen atoms in total. The highest BCUT2D eigenvalue weighted by atomic mass is 35.5. The molecule has 0 unspecified atom stereocenters. The lowest BCUT2D eigenvalue weighted by atomic mass is 10.0. The van der Waals surface area contributed by atoms with Crippen molar-refractivity contribution in [1.29, 1.82) is 0 Å². The first kappa shape index (κ1) is 13.0. The molecular formula is C15H18ClNO2. The fourth-order valence-electron chi connectivity index (χ4n) is 2.59. The summed E-state index contributed by atoms with van der Waals surface area (Å²) < 4.78 is 10.9. The molecule has 102 valence electrons. The van der Waals surface area contributed by atoms with Crippen LogP contribution in [-0.4, -0.2) is 19.8 Å². The minimum atomic E-state index is 0.501. The van der Waals surface area contributed by atoms with E-state index in [9.17, 15) is 0 Å². The third-order valence-electron chi connectivity index (χ3n) is 3.72. The Morgan fingerprint density at radius 1 is 1.21 bits per heavy atom. The van der Waals surface area contributed by atoms with E-state index in [1.54, 1.807) is 0 Å². The summed E-state index contributed by atoms with van der Waals surface area (Å²) >= 11 is 6.16. The molecule has 1 aliphatic rings. The fourth-order valence-corrected chi connectivity index (χ4v) is 2.84. The van der Waals surface area contributed by atoms with E-state index >= 15 is 0 Å². The topological polar surface area (TPSA) is 34.4 Å². The summed E-state index contributed by atoms with van der Waals surface area (Å²) in [7, 11) is 0. The van der Waals surface area contributed by atoms with Crippen molar-refractivity contribution in [2.24, 2.45) is 5.92 Å². The molecule has 1 fully saturated rings. The van der Waals surface area contributed by atoms with Crippen LogP contribution in [-0.2, 0) is 11.3 Å². The van der Waals surface area contributed by atoms with Gasteiger partial charge in [-0.1, -0.05) is 18.2 Å². The van der Waals surface area contributed by atoms with E-state index < -0.39 is 0 Å². The molecule has 0 spiro atoms. The number of nitrogens with one attached hydrogen (secondary N) is 1. The second-order valence-corrected chi connectivity index (χ2v) is 5.38. The molecule has 1 aromatic heterocycles. The Labute approximate surface area is 117 Å². The summed E-state index contributed by atoms with van der Waals surface area (Å²) in [4.78, 5) is 0. The first-order chi connectivity index (χ1) is 9.34. The molecule has 0 amide bonds. The lowest BCUT2D eigenvalue weighted by molar-refractivity contribution is 0.0662. The third-order valence-corrected chi connectivity index (χ3v) is 4.03. The summed E-state index contributed by atoms with van der Waals surface area (Å²) in [5.74, 6) is 0.714. The number of hydrogen-bond acceptors (Lipinski definition) is 3. The minimum absolute atomic E-state index is 0.501. The smallest absolute Gasteiger partial charge is 0.199 e. The SMILES string of the molecule is Clc1oc2ccccc2c1CNCC1CCOCC1. The van der Waals surface area contributed by atoms with Crippen molar-refractivity contribution >= 4 is 22.6 Å². The zero-order chi connectivity index (χ0) is 13.1. The number of para-hydroxylation sites is 1. The van der Waals surface area contributed by atoms with Gasteiger partial charge in [-0.2, -0.15) is 0 Å². The van der Waals surface area contributed by atoms with Crippen LogP contribution < -0.4 is 5.32 Å². The van der Waals surface area contributed by atoms with Gasteiger partial charge in [0.15, 0.2) is 5.22 Å². The van der Waals surface area contributed by atoms with Gasteiger partial charge >= 0.3 is 0 Å². The maximum atomic E-state index is 6.16. The molecule has 2 aromatic rings. The van der Waals surface area contributed by atoms with Crippen LogP contribution in [0, 0.1) is 5.92 Å². The zero-order valence-electron chi connectivity index (χ0n) is 10.8. The van der Waals surface area contributed by atoms with Crippen LogP contribution in [0.15, 0.2) is 28.7 Å². The molecule has 0 atom stereocenters. The van der Waals surface area contributed by atoms with Crippen LogP contribution in [0.2, 0.25) is 5.22 Å². The van der Waals surface area contributed by atoms with Crippen LogP contribution in [0.5, 0.6) is 0 Å². The number of hydrogen-bond donors (Lipinski definition) is 1. The molecule has 1 aromatic carbocycles. The highest BCUT2D eigenvalue weighted by Crippen LogP contribution is 2.29. The third kappa shape index (κ3) is 2.94. The first-order valence-electron chi connectivity index (χ1n) is 6.79. The highest BCUT2D eigenvalue weighted by Gasteiger charge is 2.15. The maximum Gasteiger partial charge on any atom is 0.199 e. The van der Waals surface area contributed by atoms with Crippen LogP contribution in [0.25, 0.3) is 11.0 Å². The molecule has 1 aliphatic heterocycles. The lowest BCUT2D eigenvalue weighted by Crippen LogP contribution is -2.27. The van der Waals surface area contributed by atoms with Crippen LogP contribution in [0.4, 0.5) is 0 Å². The number of halogens is 1. The quantitative estimate of drug-likeness (QED) is 0.928. The van der Waals surface area contributed by atoms with E-state index in [1.165, 1.54) is 0 Å². The summed E-state index contributed by atoms with van der Waals surface area (Å²) in [6, 6.07) is 7.97. The van der Waals surface area contributed by atoms with Gasteiger partial charge in [0.25, 0.3) is 0 Å². The number of ether oxygens (including phenoxy) is 1. The molecule has 0 saturated carbocycles. The fraction of sp³-hybridized carbons (Fsp3) is 0.467. The molecule has 0 aliphatic carbocycles. The summed E-state index contributed by atoms with van der Waals surface area (Å²) in [6.07, 6.45) is 2.29. The van der Waals surface area contributed by atoms with Crippen molar-refractivity contribution < 1.29 is 9.15 Å². The summed E-state index contributed by atoms with van der Waals surface area (Å²) in [5, 5.41) is 5.09. The Bertz CT molecular complexity index is 546. The molecule has 1 saturated heterocycles. The Morgan fingerprint density at radius 3 is 2.84 bits per heavy atom. The van der Waals surface area contributed by atoms with Gasteiger partial charge in [0.1, 0.15) is 5.58 Å². The van der Waals surface area contributed by atoms with E-state index in [2.05, 4.69) is 11.4 Å². The van der Waals surface area contributed by atoms with Crippen molar-refractivity contribution in [3.8, 4) is 0 Å². The van der Waals surface area contributed by atoms with Crippen LogP contribution in [0.3, 0.4) is 0 Å². The van der Waals surface area contributed by atoms with Crippen molar-refractivity contribution in [3.63, 3.8) is 0 Å². The number of fused-ring (bicyclic) bond motifs is 1. The van der Waals surface area contributed by atoms with Crippen molar-refractivity contribution in [2.75, 3.05) is 19.8 Å². The molecule has 0 bridgehead atoms. The minimum Gasteiger partial charge on any atom is -0.444 e. The Kier molecular flexibility index (Phi) is 4.06. The van der Waals surface area contributed by atoms with Crippen LogP contribution in [0.1, 0.15) is 18.4 Å². The van der Waals surface area contributed by atoms with Crippen molar-refractivity contribution in [2.45, 2.75) is 19.4 Å². The van der Waals surface area contributed by atoms with Gasteiger partial charge in [-0.3, -0.25) is 0 Å². The Hall–Kier alpha value is -1.03. The van der Waals surface area contributed by atoms with Gasteiger partial charge < -0.3 is 14.5 Å². The Morgan fingerprint density at radius 2 is 2.00 bits per heavy atom. The van der Waals surface area contributed by atoms with Gasteiger partial charge in [-0.15, -0.1) is 0 Å². The summed E-state index contributed by atoms with van der Waals surface area (Å²) in [6.45, 7) is 3.55. The molecule has 19 heavy (non-hydrogen) atoms. The number of benzene rings is 1. The second kappa shape index (κ2) is 5.95. The van der Waals surface area contributed by atoms with Gasteiger partial charge in [-0.25, -0.2) is 0 Å². The predicted octanol–water partition coefficient (Wildman–Crippen LogP) is 3.60. The molecular weight excluding hydrogens is 262 g/mol. The van der Waals surface area contributed by atoms with Gasteiger partial charge in [0.05, 0.1) is 0 Å². The second-order valence-electron chi connectivity index (χ2n) is 5.04. The monoisotopic (exact) mass is 279 g/mol. The molecule has 4 heteroatoms. The molecule has 2 heterocycles.